The maximum Gasteiger partial charge on any atom is 0.121 e. The second kappa shape index (κ2) is 3.78. The van der Waals surface area contributed by atoms with E-state index in [9.17, 15) is 0 Å². The SMILES string of the molecule is CC(N)(C#N)Cn1cc2ccc(Cl)cc2n1. The van der Waals surface area contributed by atoms with Crippen LogP contribution in [0.25, 0.3) is 10.9 Å². The molecular formula is C11H11ClN4. The molecule has 0 aliphatic heterocycles. The highest BCUT2D eigenvalue weighted by molar-refractivity contribution is 6.31. The van der Waals surface area contributed by atoms with Gasteiger partial charge in [0.25, 0.3) is 0 Å². The third kappa shape index (κ3) is 2.16. The van der Waals surface area contributed by atoms with Gasteiger partial charge in [0.15, 0.2) is 0 Å². The van der Waals surface area contributed by atoms with Crippen LogP contribution in [0.15, 0.2) is 24.4 Å². The summed E-state index contributed by atoms with van der Waals surface area (Å²) in [6.45, 7) is 2.03. The number of halogens is 1. The van der Waals surface area contributed by atoms with E-state index >= 15 is 0 Å². The molecule has 0 saturated carbocycles. The second-order valence-electron chi connectivity index (χ2n) is 4.06. The van der Waals surface area contributed by atoms with E-state index in [2.05, 4.69) is 5.10 Å². The zero-order chi connectivity index (χ0) is 11.8. The lowest BCUT2D eigenvalue weighted by Gasteiger charge is -2.14. The van der Waals surface area contributed by atoms with Gasteiger partial charge in [-0.25, -0.2) is 0 Å². The third-order valence-corrected chi connectivity index (χ3v) is 2.50. The Labute approximate surface area is 98.2 Å². The van der Waals surface area contributed by atoms with Gasteiger partial charge in [-0.15, -0.1) is 0 Å². The molecule has 1 heterocycles. The summed E-state index contributed by atoms with van der Waals surface area (Å²) >= 11 is 5.86. The van der Waals surface area contributed by atoms with Crippen LogP contribution in [0.2, 0.25) is 5.02 Å². The zero-order valence-electron chi connectivity index (χ0n) is 8.81. The average molecular weight is 235 g/mol. The van der Waals surface area contributed by atoms with Crippen LogP contribution < -0.4 is 5.73 Å². The Morgan fingerprint density at radius 2 is 2.38 bits per heavy atom. The van der Waals surface area contributed by atoms with Crippen LogP contribution in [0.1, 0.15) is 6.92 Å². The summed E-state index contributed by atoms with van der Waals surface area (Å²) in [7, 11) is 0. The first kappa shape index (κ1) is 10.9. The molecule has 2 N–H and O–H groups in total. The van der Waals surface area contributed by atoms with Crippen molar-refractivity contribution in [3.63, 3.8) is 0 Å². The van der Waals surface area contributed by atoms with E-state index in [0.29, 0.717) is 11.6 Å². The summed E-state index contributed by atoms with van der Waals surface area (Å²) in [4.78, 5) is 0. The minimum Gasteiger partial charge on any atom is -0.312 e. The highest BCUT2D eigenvalue weighted by atomic mass is 35.5. The minimum absolute atomic E-state index is 0.357. The molecule has 0 bridgehead atoms. The van der Waals surface area contributed by atoms with E-state index in [1.165, 1.54) is 0 Å². The van der Waals surface area contributed by atoms with Gasteiger partial charge in [-0.2, -0.15) is 10.4 Å². The molecule has 0 radical (unpaired) electrons. The van der Waals surface area contributed by atoms with E-state index in [0.717, 1.165) is 10.9 Å². The van der Waals surface area contributed by atoms with Crippen molar-refractivity contribution in [1.29, 1.82) is 5.26 Å². The number of hydrogen-bond donors (Lipinski definition) is 1. The largest absolute Gasteiger partial charge is 0.312 e. The van der Waals surface area contributed by atoms with Gasteiger partial charge in [-0.3, -0.25) is 4.68 Å². The van der Waals surface area contributed by atoms with Crippen molar-refractivity contribution in [3.05, 3.63) is 29.4 Å². The van der Waals surface area contributed by atoms with E-state index in [1.54, 1.807) is 17.7 Å². The van der Waals surface area contributed by atoms with Crippen LogP contribution in [0.3, 0.4) is 0 Å². The summed E-state index contributed by atoms with van der Waals surface area (Å²) in [6, 6.07) is 7.52. The van der Waals surface area contributed by atoms with Crippen molar-refractivity contribution in [2.24, 2.45) is 5.73 Å². The Morgan fingerprint density at radius 3 is 3.06 bits per heavy atom. The number of rotatable bonds is 2. The topological polar surface area (TPSA) is 67.6 Å². The van der Waals surface area contributed by atoms with E-state index in [-0.39, 0.29) is 0 Å². The van der Waals surface area contributed by atoms with Gasteiger partial charge in [0.2, 0.25) is 0 Å². The van der Waals surface area contributed by atoms with Crippen LogP contribution >= 0.6 is 11.6 Å². The summed E-state index contributed by atoms with van der Waals surface area (Å²) in [5.41, 5.74) is 5.65. The lowest BCUT2D eigenvalue weighted by atomic mass is 10.1. The fourth-order valence-corrected chi connectivity index (χ4v) is 1.66. The molecule has 0 aliphatic carbocycles. The molecule has 16 heavy (non-hydrogen) atoms. The monoisotopic (exact) mass is 234 g/mol. The Hall–Kier alpha value is -1.57. The molecule has 1 aromatic heterocycles. The quantitative estimate of drug-likeness (QED) is 0.863. The molecule has 0 aliphatic rings. The first-order valence-corrected chi connectivity index (χ1v) is 5.21. The van der Waals surface area contributed by atoms with Crippen molar-refractivity contribution < 1.29 is 0 Å². The third-order valence-electron chi connectivity index (χ3n) is 2.26. The molecule has 4 nitrogen and oxygen atoms in total. The number of nitrogens with zero attached hydrogens (tertiary/aromatic N) is 3. The van der Waals surface area contributed by atoms with Gasteiger partial charge in [-0.1, -0.05) is 11.6 Å². The van der Waals surface area contributed by atoms with Crippen LogP contribution in [-0.2, 0) is 6.54 Å². The Balaban J connectivity index is 2.38. The Morgan fingerprint density at radius 1 is 1.62 bits per heavy atom. The normalized spacial score (nSPS) is 14.6. The standard InChI is InChI=1S/C11H11ClN4/c1-11(14,6-13)7-16-5-8-2-3-9(12)4-10(8)15-16/h2-5H,7,14H2,1H3. The lowest BCUT2D eigenvalue weighted by molar-refractivity contribution is 0.462. The fourth-order valence-electron chi connectivity index (χ4n) is 1.49. The number of hydrogen-bond acceptors (Lipinski definition) is 3. The molecule has 0 spiro atoms. The molecule has 0 amide bonds. The van der Waals surface area contributed by atoms with Crippen LogP contribution in [0.4, 0.5) is 0 Å². The number of aromatic nitrogens is 2. The van der Waals surface area contributed by atoms with E-state index < -0.39 is 5.54 Å². The highest BCUT2D eigenvalue weighted by Crippen LogP contribution is 2.18. The molecule has 0 saturated heterocycles. The summed E-state index contributed by atoms with van der Waals surface area (Å²) in [5, 5.41) is 14.8. The molecule has 5 heteroatoms. The Kier molecular flexibility index (Phi) is 2.58. The number of nitrogens with two attached hydrogens (primary N) is 1. The average Bonchev–Trinajstić information content (AvgIpc) is 2.58. The van der Waals surface area contributed by atoms with Gasteiger partial charge in [0.1, 0.15) is 5.54 Å². The first-order chi connectivity index (χ1) is 7.50. The van der Waals surface area contributed by atoms with Gasteiger partial charge in [0, 0.05) is 16.6 Å². The Bertz CT molecular complexity index is 565. The second-order valence-corrected chi connectivity index (χ2v) is 4.50. The van der Waals surface area contributed by atoms with Gasteiger partial charge >= 0.3 is 0 Å². The number of nitriles is 1. The van der Waals surface area contributed by atoms with Crippen LogP contribution in [0, 0.1) is 11.3 Å². The maximum absolute atomic E-state index is 8.84. The number of benzene rings is 1. The van der Waals surface area contributed by atoms with Crippen molar-refractivity contribution in [2.45, 2.75) is 19.0 Å². The van der Waals surface area contributed by atoms with Crippen LogP contribution in [0.5, 0.6) is 0 Å². The molecule has 1 aromatic carbocycles. The van der Waals surface area contributed by atoms with Crippen LogP contribution in [-0.4, -0.2) is 15.3 Å². The van der Waals surface area contributed by atoms with Crippen molar-refractivity contribution >= 4 is 22.5 Å². The highest BCUT2D eigenvalue weighted by Gasteiger charge is 2.18. The van der Waals surface area contributed by atoms with Crippen molar-refractivity contribution in [3.8, 4) is 6.07 Å². The molecule has 2 rings (SSSR count). The zero-order valence-corrected chi connectivity index (χ0v) is 9.57. The first-order valence-electron chi connectivity index (χ1n) is 4.83. The molecule has 2 aromatic rings. The maximum atomic E-state index is 8.84. The predicted octanol–water partition coefficient (Wildman–Crippen LogP) is 1.93. The number of fused-ring (bicyclic) bond motifs is 1. The molecule has 82 valence electrons. The summed E-state index contributed by atoms with van der Waals surface area (Å²) in [6.07, 6.45) is 1.86. The van der Waals surface area contributed by atoms with Gasteiger partial charge in [-0.05, 0) is 25.1 Å². The fraction of sp³-hybridized carbons (Fsp3) is 0.273. The minimum atomic E-state index is -0.911. The lowest BCUT2D eigenvalue weighted by Crippen LogP contribution is -2.39. The van der Waals surface area contributed by atoms with E-state index in [4.69, 9.17) is 22.6 Å². The molecule has 1 atom stereocenters. The summed E-state index contributed by atoms with van der Waals surface area (Å²) in [5.74, 6) is 0. The molecule has 0 fully saturated rings. The van der Waals surface area contributed by atoms with Gasteiger partial charge in [0.05, 0.1) is 18.1 Å². The summed E-state index contributed by atoms with van der Waals surface area (Å²) < 4.78 is 1.67. The smallest absolute Gasteiger partial charge is 0.121 e. The van der Waals surface area contributed by atoms with E-state index in [1.807, 2.05) is 24.4 Å². The van der Waals surface area contributed by atoms with Gasteiger partial charge < -0.3 is 5.73 Å². The van der Waals surface area contributed by atoms with Crippen molar-refractivity contribution in [1.82, 2.24) is 9.78 Å². The predicted molar refractivity (Wildman–Crippen MR) is 62.9 cm³/mol. The molecular weight excluding hydrogens is 224 g/mol. The van der Waals surface area contributed by atoms with Crippen molar-refractivity contribution in [2.75, 3.05) is 0 Å². The molecule has 1 unspecified atom stereocenters.